The zero-order valence-corrected chi connectivity index (χ0v) is 11.2. The predicted molar refractivity (Wildman–Crippen MR) is 81.1 cm³/mol. The third-order valence-electron chi connectivity index (χ3n) is 3.46. The Morgan fingerprint density at radius 3 is 2.75 bits per heavy atom. The van der Waals surface area contributed by atoms with Crippen molar-refractivity contribution in [3.63, 3.8) is 0 Å². The van der Waals surface area contributed by atoms with Gasteiger partial charge >= 0.3 is 0 Å². The fourth-order valence-corrected chi connectivity index (χ4v) is 2.41. The second kappa shape index (κ2) is 5.69. The third-order valence-corrected chi connectivity index (χ3v) is 3.46. The number of nitrogens with one attached hydrogen (secondary N) is 2. The molecule has 2 heterocycles. The van der Waals surface area contributed by atoms with Crippen LogP contribution in [0.2, 0.25) is 0 Å². The molecule has 0 radical (unpaired) electrons. The van der Waals surface area contributed by atoms with Crippen molar-refractivity contribution in [2.75, 3.05) is 23.3 Å². The molecule has 1 aliphatic heterocycles. The Labute approximate surface area is 118 Å². The molecule has 0 bridgehead atoms. The minimum atomic E-state index is 0.760. The van der Waals surface area contributed by atoms with E-state index in [1.807, 2.05) is 30.3 Å². The van der Waals surface area contributed by atoms with Crippen molar-refractivity contribution in [1.29, 1.82) is 5.41 Å². The van der Waals surface area contributed by atoms with Crippen LogP contribution in [-0.2, 0) is 0 Å². The van der Waals surface area contributed by atoms with Gasteiger partial charge in [0.25, 0.3) is 0 Å². The van der Waals surface area contributed by atoms with Crippen LogP contribution in [0.25, 0.3) is 0 Å². The summed E-state index contributed by atoms with van der Waals surface area (Å²) in [4.78, 5) is 10.9. The molecular weight excluding hydrogens is 250 g/mol. The highest BCUT2D eigenvalue weighted by atomic mass is 15.2. The minimum absolute atomic E-state index is 0.760. The molecule has 2 N–H and O–H groups in total. The summed E-state index contributed by atoms with van der Waals surface area (Å²) in [5, 5.41) is 10.7. The smallest absolute Gasteiger partial charge is 0.135 e. The summed E-state index contributed by atoms with van der Waals surface area (Å²) in [6, 6.07) is 9.67. The Bertz CT molecular complexity index is 605. The van der Waals surface area contributed by atoms with Crippen molar-refractivity contribution in [3.05, 3.63) is 42.2 Å². The van der Waals surface area contributed by atoms with Gasteiger partial charge in [0.15, 0.2) is 0 Å². The molecule has 1 fully saturated rings. The van der Waals surface area contributed by atoms with E-state index in [2.05, 4.69) is 20.2 Å². The molecular formula is C15H17N5. The van der Waals surface area contributed by atoms with Crippen molar-refractivity contribution >= 4 is 23.5 Å². The van der Waals surface area contributed by atoms with Gasteiger partial charge in [-0.3, -0.25) is 0 Å². The quantitative estimate of drug-likeness (QED) is 0.836. The summed E-state index contributed by atoms with van der Waals surface area (Å²) in [6.07, 6.45) is 5.38. The van der Waals surface area contributed by atoms with Crippen molar-refractivity contribution < 1.29 is 0 Å². The van der Waals surface area contributed by atoms with Crippen LogP contribution in [0.1, 0.15) is 18.4 Å². The summed E-state index contributed by atoms with van der Waals surface area (Å²) in [5.41, 5.74) is 1.72. The first-order chi connectivity index (χ1) is 9.86. The van der Waals surface area contributed by atoms with Gasteiger partial charge in [0, 0.05) is 36.6 Å². The average Bonchev–Trinajstić information content (AvgIpc) is 3.02. The number of benzene rings is 1. The van der Waals surface area contributed by atoms with E-state index in [1.165, 1.54) is 19.1 Å². The molecule has 1 saturated heterocycles. The van der Waals surface area contributed by atoms with E-state index in [-0.39, 0.29) is 0 Å². The number of hydrogen-bond donors (Lipinski definition) is 2. The van der Waals surface area contributed by atoms with Gasteiger partial charge in [0.2, 0.25) is 0 Å². The Morgan fingerprint density at radius 1 is 1.15 bits per heavy atom. The van der Waals surface area contributed by atoms with Crippen molar-refractivity contribution in [2.45, 2.75) is 12.8 Å². The zero-order chi connectivity index (χ0) is 13.8. The lowest BCUT2D eigenvalue weighted by Gasteiger charge is -2.17. The molecule has 5 nitrogen and oxygen atoms in total. The van der Waals surface area contributed by atoms with Crippen LogP contribution in [0.4, 0.5) is 17.3 Å². The Hall–Kier alpha value is -2.43. The Balaban J connectivity index is 1.83. The molecule has 0 unspecified atom stereocenters. The van der Waals surface area contributed by atoms with E-state index in [0.29, 0.717) is 0 Å². The topological polar surface area (TPSA) is 64.9 Å². The highest BCUT2D eigenvalue weighted by Gasteiger charge is 2.14. The number of hydrogen-bond acceptors (Lipinski definition) is 5. The molecule has 1 aromatic heterocycles. The van der Waals surface area contributed by atoms with Gasteiger partial charge in [-0.15, -0.1) is 0 Å². The monoisotopic (exact) mass is 267 g/mol. The van der Waals surface area contributed by atoms with Crippen LogP contribution in [0.5, 0.6) is 0 Å². The first kappa shape index (κ1) is 12.6. The van der Waals surface area contributed by atoms with Crippen LogP contribution in [-0.4, -0.2) is 29.3 Å². The van der Waals surface area contributed by atoms with Gasteiger partial charge in [-0.25, -0.2) is 9.97 Å². The number of anilines is 3. The second-order valence-corrected chi connectivity index (χ2v) is 4.81. The fraction of sp³-hybridized carbons (Fsp3) is 0.267. The summed E-state index contributed by atoms with van der Waals surface area (Å²) in [5.74, 6) is 1.73. The maximum atomic E-state index is 7.42. The minimum Gasteiger partial charge on any atom is -0.356 e. The fourth-order valence-electron chi connectivity index (χ4n) is 2.41. The van der Waals surface area contributed by atoms with Gasteiger partial charge in [0.1, 0.15) is 18.0 Å². The summed E-state index contributed by atoms with van der Waals surface area (Å²) < 4.78 is 0. The highest BCUT2D eigenvalue weighted by Crippen LogP contribution is 2.22. The van der Waals surface area contributed by atoms with E-state index in [1.54, 1.807) is 6.33 Å². The van der Waals surface area contributed by atoms with Gasteiger partial charge in [-0.05, 0) is 18.9 Å². The zero-order valence-electron chi connectivity index (χ0n) is 11.2. The average molecular weight is 267 g/mol. The van der Waals surface area contributed by atoms with Crippen LogP contribution < -0.4 is 10.2 Å². The summed E-state index contributed by atoms with van der Waals surface area (Å²) >= 11 is 0. The van der Waals surface area contributed by atoms with Gasteiger partial charge < -0.3 is 15.6 Å². The third kappa shape index (κ3) is 2.61. The summed E-state index contributed by atoms with van der Waals surface area (Å²) in [7, 11) is 0. The van der Waals surface area contributed by atoms with E-state index in [9.17, 15) is 0 Å². The van der Waals surface area contributed by atoms with Crippen molar-refractivity contribution in [1.82, 2.24) is 9.97 Å². The van der Waals surface area contributed by atoms with Crippen molar-refractivity contribution in [2.24, 2.45) is 0 Å². The second-order valence-electron chi connectivity index (χ2n) is 4.81. The molecule has 1 aromatic carbocycles. The molecule has 3 rings (SSSR count). The lowest BCUT2D eigenvalue weighted by Crippen LogP contribution is -2.19. The van der Waals surface area contributed by atoms with Crippen LogP contribution >= 0.6 is 0 Å². The first-order valence-electron chi connectivity index (χ1n) is 6.80. The molecule has 102 valence electrons. The Kier molecular flexibility index (Phi) is 3.58. The maximum absolute atomic E-state index is 7.42. The Morgan fingerprint density at radius 2 is 1.95 bits per heavy atom. The SMILES string of the molecule is N=Cc1ccccc1Nc1cc(N2CCCC2)ncn1. The normalized spacial score (nSPS) is 14.3. The number of nitrogens with zero attached hydrogens (tertiary/aromatic N) is 3. The van der Waals surface area contributed by atoms with E-state index >= 15 is 0 Å². The van der Waals surface area contributed by atoms with Crippen LogP contribution in [0.15, 0.2) is 36.7 Å². The van der Waals surface area contributed by atoms with E-state index < -0.39 is 0 Å². The molecule has 2 aromatic rings. The summed E-state index contributed by atoms with van der Waals surface area (Å²) in [6.45, 7) is 2.13. The van der Waals surface area contributed by atoms with Gasteiger partial charge in [-0.2, -0.15) is 0 Å². The first-order valence-corrected chi connectivity index (χ1v) is 6.80. The molecule has 0 saturated carbocycles. The predicted octanol–water partition coefficient (Wildman–Crippen LogP) is 2.82. The van der Waals surface area contributed by atoms with Gasteiger partial charge in [-0.1, -0.05) is 18.2 Å². The lowest BCUT2D eigenvalue weighted by atomic mass is 10.2. The molecule has 0 atom stereocenters. The largest absolute Gasteiger partial charge is 0.356 e. The van der Waals surface area contributed by atoms with Crippen LogP contribution in [0, 0.1) is 5.41 Å². The number of para-hydroxylation sites is 1. The molecule has 20 heavy (non-hydrogen) atoms. The van der Waals surface area contributed by atoms with Crippen LogP contribution in [0.3, 0.4) is 0 Å². The number of aromatic nitrogens is 2. The highest BCUT2D eigenvalue weighted by molar-refractivity contribution is 5.87. The van der Waals surface area contributed by atoms with E-state index in [0.717, 1.165) is 36.0 Å². The molecule has 0 amide bonds. The lowest BCUT2D eigenvalue weighted by molar-refractivity contribution is 0.928. The maximum Gasteiger partial charge on any atom is 0.135 e. The van der Waals surface area contributed by atoms with Gasteiger partial charge in [0.05, 0.1) is 0 Å². The standard InChI is InChI=1S/C15H17N5/c16-10-12-5-1-2-6-13(12)19-14-9-15(18-11-17-14)20-7-3-4-8-20/h1-2,5-6,9-11,16H,3-4,7-8H2,(H,17,18,19). The molecule has 5 heteroatoms. The van der Waals surface area contributed by atoms with E-state index in [4.69, 9.17) is 5.41 Å². The molecule has 0 aliphatic carbocycles. The number of rotatable bonds is 4. The van der Waals surface area contributed by atoms with Crippen molar-refractivity contribution in [3.8, 4) is 0 Å². The molecule has 0 spiro atoms. The molecule has 1 aliphatic rings.